The van der Waals surface area contributed by atoms with Crippen LogP contribution < -0.4 is 4.74 Å². The molecule has 0 unspecified atom stereocenters. The van der Waals surface area contributed by atoms with E-state index in [9.17, 15) is 0 Å². The molecule has 3 nitrogen and oxygen atoms in total. The van der Waals surface area contributed by atoms with Crippen molar-refractivity contribution in [3.63, 3.8) is 0 Å². The van der Waals surface area contributed by atoms with Gasteiger partial charge in [0.1, 0.15) is 0 Å². The molecule has 3 heteroatoms. The highest BCUT2D eigenvalue weighted by atomic mass is 16.5. The van der Waals surface area contributed by atoms with E-state index in [1.807, 2.05) is 0 Å². The minimum absolute atomic E-state index is 0.706. The molecular formula is C23H32N2O. The van der Waals surface area contributed by atoms with Crippen molar-refractivity contribution in [3.05, 3.63) is 42.2 Å². The van der Waals surface area contributed by atoms with Crippen LogP contribution in [0.5, 0.6) is 5.75 Å². The van der Waals surface area contributed by atoms with Crippen LogP contribution in [0.15, 0.2) is 36.7 Å². The molecule has 0 saturated heterocycles. The predicted octanol–water partition coefficient (Wildman–Crippen LogP) is 6.08. The Morgan fingerprint density at radius 1 is 0.923 bits per heavy atom. The van der Waals surface area contributed by atoms with Gasteiger partial charge in [0.15, 0.2) is 11.6 Å². The Morgan fingerprint density at radius 3 is 2.19 bits per heavy atom. The van der Waals surface area contributed by atoms with Crippen molar-refractivity contribution < 1.29 is 4.74 Å². The Morgan fingerprint density at radius 2 is 1.58 bits per heavy atom. The Labute approximate surface area is 158 Å². The van der Waals surface area contributed by atoms with E-state index >= 15 is 0 Å². The van der Waals surface area contributed by atoms with Gasteiger partial charge in [-0.1, -0.05) is 70.2 Å². The molecule has 1 aliphatic rings. The van der Waals surface area contributed by atoms with E-state index in [0.717, 1.165) is 35.4 Å². The van der Waals surface area contributed by atoms with Crippen LogP contribution in [-0.4, -0.2) is 16.6 Å². The van der Waals surface area contributed by atoms with Gasteiger partial charge in [0.2, 0.25) is 0 Å². The molecule has 0 atom stereocenters. The molecular weight excluding hydrogens is 320 g/mol. The maximum atomic E-state index is 5.54. The van der Waals surface area contributed by atoms with Crippen molar-refractivity contribution in [1.29, 1.82) is 0 Å². The fourth-order valence-electron chi connectivity index (χ4n) is 3.88. The molecule has 2 aromatic rings. The van der Waals surface area contributed by atoms with Crippen LogP contribution in [0.25, 0.3) is 11.4 Å². The molecule has 140 valence electrons. The third-order valence-corrected chi connectivity index (χ3v) is 5.70. The Bertz CT molecular complexity index is 643. The number of hydrogen-bond donors (Lipinski definition) is 0. The van der Waals surface area contributed by atoms with Crippen LogP contribution >= 0.6 is 0 Å². The summed E-state index contributed by atoms with van der Waals surface area (Å²) in [4.78, 5) is 8.86. The van der Waals surface area contributed by atoms with E-state index < -0.39 is 0 Å². The van der Waals surface area contributed by atoms with Crippen LogP contribution in [0.3, 0.4) is 0 Å². The van der Waals surface area contributed by atoms with Crippen molar-refractivity contribution in [1.82, 2.24) is 9.97 Å². The van der Waals surface area contributed by atoms with Gasteiger partial charge in [0.25, 0.3) is 0 Å². The van der Waals surface area contributed by atoms with Crippen LogP contribution in [-0.2, 0) is 6.42 Å². The first-order chi connectivity index (χ1) is 12.8. The minimum Gasteiger partial charge on any atom is -0.490 e. The summed E-state index contributed by atoms with van der Waals surface area (Å²) in [7, 11) is 0. The first kappa shape index (κ1) is 18.9. The molecule has 0 amide bonds. The predicted molar refractivity (Wildman–Crippen MR) is 107 cm³/mol. The number of hydrogen-bond acceptors (Lipinski definition) is 3. The molecule has 1 aromatic heterocycles. The summed E-state index contributed by atoms with van der Waals surface area (Å²) in [6.45, 7) is 5.13. The standard InChI is InChI=1S/C23H32N2O/c1-3-15-26-22-16-24-23(25-17-22)21-13-11-20(12-14-21)10-9-19-7-5-18(4-2)6-8-19/h11-14,16-19H,3-10,15H2,1-2H3/t18-,19-. The quantitative estimate of drug-likeness (QED) is 0.577. The molecule has 0 spiro atoms. The largest absolute Gasteiger partial charge is 0.490 e. The van der Waals surface area contributed by atoms with E-state index in [0.29, 0.717) is 6.61 Å². The van der Waals surface area contributed by atoms with Crippen molar-refractivity contribution >= 4 is 0 Å². The van der Waals surface area contributed by atoms with Gasteiger partial charge < -0.3 is 4.74 Å². The van der Waals surface area contributed by atoms with Crippen molar-refractivity contribution in [3.8, 4) is 17.1 Å². The summed E-state index contributed by atoms with van der Waals surface area (Å²) >= 11 is 0. The lowest BCUT2D eigenvalue weighted by Gasteiger charge is -2.27. The number of aryl methyl sites for hydroxylation is 1. The number of rotatable bonds is 8. The van der Waals surface area contributed by atoms with E-state index in [4.69, 9.17) is 4.74 Å². The topological polar surface area (TPSA) is 35.0 Å². The molecule has 1 saturated carbocycles. The zero-order valence-electron chi connectivity index (χ0n) is 16.3. The summed E-state index contributed by atoms with van der Waals surface area (Å²) in [6, 6.07) is 8.76. The molecule has 0 radical (unpaired) electrons. The fraction of sp³-hybridized carbons (Fsp3) is 0.565. The van der Waals surface area contributed by atoms with Gasteiger partial charge in [-0.25, -0.2) is 9.97 Å². The van der Waals surface area contributed by atoms with E-state index in [1.54, 1.807) is 12.4 Å². The van der Waals surface area contributed by atoms with Gasteiger partial charge in [0.05, 0.1) is 19.0 Å². The third-order valence-electron chi connectivity index (χ3n) is 5.70. The molecule has 0 N–H and O–H groups in total. The Kier molecular flexibility index (Phi) is 7.04. The van der Waals surface area contributed by atoms with Crippen molar-refractivity contribution in [2.45, 2.75) is 65.2 Å². The smallest absolute Gasteiger partial charge is 0.159 e. The maximum absolute atomic E-state index is 5.54. The lowest BCUT2D eigenvalue weighted by atomic mass is 9.78. The Balaban J connectivity index is 1.50. The summed E-state index contributed by atoms with van der Waals surface area (Å²) in [6.07, 6.45) is 14.1. The lowest BCUT2D eigenvalue weighted by molar-refractivity contribution is 0.259. The zero-order chi connectivity index (χ0) is 18.2. The monoisotopic (exact) mass is 352 g/mol. The highest BCUT2D eigenvalue weighted by Gasteiger charge is 2.19. The normalized spacial score (nSPS) is 20.1. The third kappa shape index (κ3) is 5.30. The highest BCUT2D eigenvalue weighted by Crippen LogP contribution is 2.33. The van der Waals surface area contributed by atoms with E-state index in [-0.39, 0.29) is 0 Å². The molecule has 1 aromatic carbocycles. The SMILES string of the molecule is CCCOc1cnc(-c2ccc(CC[C@H]3CC[C@H](CC)CC3)cc2)nc1. The second-order valence-electron chi connectivity index (χ2n) is 7.62. The summed E-state index contributed by atoms with van der Waals surface area (Å²) in [5.41, 5.74) is 2.49. The molecule has 3 rings (SSSR count). The second kappa shape index (κ2) is 9.70. The Hall–Kier alpha value is -1.90. The molecule has 1 aliphatic carbocycles. The molecule has 0 aliphatic heterocycles. The van der Waals surface area contributed by atoms with Gasteiger partial charge in [0, 0.05) is 5.56 Å². The number of aromatic nitrogens is 2. The first-order valence-electron chi connectivity index (χ1n) is 10.3. The van der Waals surface area contributed by atoms with Gasteiger partial charge in [-0.2, -0.15) is 0 Å². The molecule has 1 fully saturated rings. The fourth-order valence-corrected chi connectivity index (χ4v) is 3.88. The van der Waals surface area contributed by atoms with Gasteiger partial charge >= 0.3 is 0 Å². The second-order valence-corrected chi connectivity index (χ2v) is 7.62. The number of nitrogens with zero attached hydrogens (tertiary/aromatic N) is 2. The van der Waals surface area contributed by atoms with Crippen molar-refractivity contribution in [2.24, 2.45) is 11.8 Å². The van der Waals surface area contributed by atoms with Crippen molar-refractivity contribution in [2.75, 3.05) is 6.61 Å². The van der Waals surface area contributed by atoms with Crippen LogP contribution in [0.1, 0.15) is 64.4 Å². The minimum atomic E-state index is 0.706. The summed E-state index contributed by atoms with van der Waals surface area (Å²) < 4.78 is 5.54. The van der Waals surface area contributed by atoms with E-state index in [1.165, 1.54) is 50.5 Å². The van der Waals surface area contributed by atoms with Crippen LogP contribution in [0.2, 0.25) is 0 Å². The zero-order valence-corrected chi connectivity index (χ0v) is 16.3. The summed E-state index contributed by atoms with van der Waals surface area (Å²) in [5.74, 6) is 3.42. The highest BCUT2D eigenvalue weighted by molar-refractivity contribution is 5.55. The average Bonchev–Trinajstić information content (AvgIpc) is 2.72. The first-order valence-corrected chi connectivity index (χ1v) is 10.3. The number of benzene rings is 1. The van der Waals surface area contributed by atoms with Gasteiger partial charge in [-0.3, -0.25) is 0 Å². The molecule has 1 heterocycles. The summed E-state index contributed by atoms with van der Waals surface area (Å²) in [5, 5.41) is 0. The van der Waals surface area contributed by atoms with E-state index in [2.05, 4.69) is 48.1 Å². The van der Waals surface area contributed by atoms with Gasteiger partial charge in [-0.15, -0.1) is 0 Å². The van der Waals surface area contributed by atoms with Crippen LogP contribution in [0.4, 0.5) is 0 Å². The average molecular weight is 353 g/mol. The van der Waals surface area contributed by atoms with Gasteiger partial charge in [-0.05, 0) is 36.7 Å². The number of ether oxygens (including phenoxy) is 1. The maximum Gasteiger partial charge on any atom is 0.159 e. The van der Waals surface area contributed by atoms with Crippen LogP contribution in [0, 0.1) is 11.8 Å². The lowest BCUT2D eigenvalue weighted by Crippen LogP contribution is -2.14. The molecule has 0 bridgehead atoms. The molecule has 26 heavy (non-hydrogen) atoms.